The maximum absolute atomic E-state index is 10.9. The summed E-state index contributed by atoms with van der Waals surface area (Å²) < 4.78 is 32.6. The van der Waals surface area contributed by atoms with E-state index in [0.717, 1.165) is 0 Å². The molecule has 0 fully saturated rings. The molecule has 0 rings (SSSR count). The van der Waals surface area contributed by atoms with Crippen molar-refractivity contribution in [1.29, 1.82) is 0 Å². The van der Waals surface area contributed by atoms with E-state index < -0.39 is 6.18 Å². The van der Waals surface area contributed by atoms with Crippen molar-refractivity contribution in [3.05, 3.63) is 11.6 Å². The fourth-order valence-electron chi connectivity index (χ4n) is 0.0619. The Morgan fingerprint density at radius 2 is 1.86 bits per heavy atom. The minimum absolute atomic E-state index is 0.172. The summed E-state index contributed by atoms with van der Waals surface area (Å²) in [5, 5.41) is 0. The van der Waals surface area contributed by atoms with Crippen molar-refractivity contribution in [2.45, 2.75) is 6.18 Å². The molecule has 0 saturated heterocycles. The van der Waals surface area contributed by atoms with Gasteiger partial charge in [-0.3, -0.25) is 0 Å². The molecule has 0 spiro atoms. The van der Waals surface area contributed by atoms with Crippen molar-refractivity contribution >= 4 is 11.6 Å². The highest BCUT2D eigenvalue weighted by Crippen LogP contribution is 2.15. The third-order valence-corrected chi connectivity index (χ3v) is 0.327. The van der Waals surface area contributed by atoms with E-state index in [1.54, 1.807) is 0 Å². The van der Waals surface area contributed by atoms with Crippen molar-refractivity contribution in [3.8, 4) is 0 Å². The van der Waals surface area contributed by atoms with E-state index in [-0.39, 0.29) is 6.08 Å². The summed E-state index contributed by atoms with van der Waals surface area (Å²) in [5.41, 5.74) is 1.33. The first kappa shape index (κ1) is 6.82. The molecular formula is C3HClF3. The first-order valence-electron chi connectivity index (χ1n) is 1.33. The van der Waals surface area contributed by atoms with Crippen LogP contribution in [0.4, 0.5) is 13.2 Å². The Bertz CT molecular complexity index is 72.7. The molecule has 0 nitrogen and oxygen atoms in total. The number of hydrogen-bond donors (Lipinski definition) is 0. The van der Waals surface area contributed by atoms with E-state index in [9.17, 15) is 13.2 Å². The summed E-state index contributed by atoms with van der Waals surface area (Å²) in [4.78, 5) is 0. The van der Waals surface area contributed by atoms with Crippen molar-refractivity contribution in [2.75, 3.05) is 0 Å². The van der Waals surface area contributed by atoms with Gasteiger partial charge in [-0.05, 0) is 0 Å². The molecule has 0 aromatic carbocycles. The monoisotopic (exact) mass is 129 g/mol. The van der Waals surface area contributed by atoms with Gasteiger partial charge < -0.3 is 0 Å². The second kappa shape index (κ2) is 2.21. The SMILES string of the molecule is FC(F)(F)/C=[C]/Cl. The van der Waals surface area contributed by atoms with Gasteiger partial charge in [0.1, 0.15) is 0 Å². The zero-order valence-corrected chi connectivity index (χ0v) is 3.85. The fraction of sp³-hybridized carbons (Fsp3) is 0.333. The van der Waals surface area contributed by atoms with Crippen molar-refractivity contribution in [2.24, 2.45) is 0 Å². The predicted octanol–water partition coefficient (Wildman–Crippen LogP) is 2.10. The van der Waals surface area contributed by atoms with Crippen LogP contribution in [0.1, 0.15) is 0 Å². The Hall–Kier alpha value is -0.180. The van der Waals surface area contributed by atoms with E-state index in [4.69, 9.17) is 0 Å². The molecule has 0 atom stereocenters. The van der Waals surface area contributed by atoms with Gasteiger partial charge in [-0.15, -0.1) is 0 Å². The number of rotatable bonds is 0. The standard InChI is InChI=1S/C3HClF3/c4-2-1-3(5,6)7/h1H. The molecule has 0 aliphatic heterocycles. The molecule has 0 aromatic rings. The highest BCUT2D eigenvalue weighted by atomic mass is 35.5. The van der Waals surface area contributed by atoms with Crippen LogP contribution in [0.15, 0.2) is 6.08 Å². The molecule has 41 valence electrons. The Kier molecular flexibility index (Phi) is 2.15. The lowest BCUT2D eigenvalue weighted by Crippen LogP contribution is -1.99. The molecule has 0 N–H and O–H groups in total. The topological polar surface area (TPSA) is 0 Å². The van der Waals surface area contributed by atoms with E-state index >= 15 is 0 Å². The minimum Gasteiger partial charge on any atom is -0.167 e. The molecule has 0 amide bonds. The Balaban J connectivity index is 3.56. The van der Waals surface area contributed by atoms with Crippen LogP contribution in [-0.4, -0.2) is 6.18 Å². The average molecular weight is 129 g/mol. The quantitative estimate of drug-likeness (QED) is 0.470. The summed E-state index contributed by atoms with van der Waals surface area (Å²) in [6, 6.07) is 0. The molecule has 4 heteroatoms. The zero-order valence-electron chi connectivity index (χ0n) is 3.09. The molecule has 0 bridgehead atoms. The largest absolute Gasteiger partial charge is 0.411 e. The van der Waals surface area contributed by atoms with Crippen LogP contribution in [0.2, 0.25) is 0 Å². The summed E-state index contributed by atoms with van der Waals surface area (Å²) >= 11 is 4.46. The van der Waals surface area contributed by atoms with Gasteiger partial charge in [0.15, 0.2) is 0 Å². The van der Waals surface area contributed by atoms with Gasteiger partial charge in [0.2, 0.25) is 0 Å². The highest BCUT2D eigenvalue weighted by molar-refractivity contribution is 6.22. The van der Waals surface area contributed by atoms with Crippen LogP contribution in [0.3, 0.4) is 0 Å². The Morgan fingerprint density at radius 1 is 1.43 bits per heavy atom. The number of halogens is 4. The van der Waals surface area contributed by atoms with Crippen LogP contribution in [0.5, 0.6) is 0 Å². The zero-order chi connectivity index (χ0) is 5.91. The number of hydrogen-bond acceptors (Lipinski definition) is 0. The van der Waals surface area contributed by atoms with Crippen LogP contribution in [0, 0.1) is 5.54 Å². The third kappa shape index (κ3) is 5.82. The lowest BCUT2D eigenvalue weighted by atomic mass is 10.6. The van der Waals surface area contributed by atoms with Gasteiger partial charge in [-0.2, -0.15) is 13.2 Å². The fourth-order valence-corrected chi connectivity index (χ4v) is 0.186. The molecule has 0 heterocycles. The minimum atomic E-state index is -4.32. The Morgan fingerprint density at radius 3 is 1.86 bits per heavy atom. The smallest absolute Gasteiger partial charge is 0.167 e. The van der Waals surface area contributed by atoms with Gasteiger partial charge in [0, 0.05) is 6.08 Å². The highest BCUT2D eigenvalue weighted by Gasteiger charge is 2.21. The first-order chi connectivity index (χ1) is 3.06. The van der Waals surface area contributed by atoms with Gasteiger partial charge in [0.05, 0.1) is 5.54 Å². The summed E-state index contributed by atoms with van der Waals surface area (Å²) in [6.07, 6.45) is -4.49. The maximum Gasteiger partial charge on any atom is 0.411 e. The second-order valence-corrected chi connectivity index (χ2v) is 1.01. The van der Waals surface area contributed by atoms with Gasteiger partial charge >= 0.3 is 6.18 Å². The van der Waals surface area contributed by atoms with Gasteiger partial charge in [-0.25, -0.2) is 0 Å². The molecule has 0 aromatic heterocycles. The summed E-state index contributed by atoms with van der Waals surface area (Å²) in [5.74, 6) is 0. The number of allylic oxidation sites excluding steroid dienone is 1. The van der Waals surface area contributed by atoms with Crippen LogP contribution in [-0.2, 0) is 0 Å². The van der Waals surface area contributed by atoms with Gasteiger partial charge in [0.25, 0.3) is 0 Å². The van der Waals surface area contributed by atoms with E-state index in [2.05, 4.69) is 11.6 Å². The summed E-state index contributed by atoms with van der Waals surface area (Å²) in [6.45, 7) is 0. The summed E-state index contributed by atoms with van der Waals surface area (Å²) in [7, 11) is 0. The third-order valence-electron chi connectivity index (χ3n) is 0.218. The van der Waals surface area contributed by atoms with Crippen LogP contribution >= 0.6 is 11.6 Å². The molecule has 0 saturated carbocycles. The maximum atomic E-state index is 10.9. The second-order valence-electron chi connectivity index (χ2n) is 0.795. The van der Waals surface area contributed by atoms with Crippen molar-refractivity contribution in [1.82, 2.24) is 0 Å². The van der Waals surface area contributed by atoms with Crippen LogP contribution < -0.4 is 0 Å². The average Bonchev–Trinajstić information content (AvgIpc) is 1.30. The first-order valence-corrected chi connectivity index (χ1v) is 1.71. The molecule has 0 unspecified atom stereocenters. The normalized spacial score (nSPS) is 13.1. The Labute approximate surface area is 43.6 Å². The van der Waals surface area contributed by atoms with E-state index in [0.29, 0.717) is 0 Å². The lowest BCUT2D eigenvalue weighted by molar-refractivity contribution is -0.0800. The van der Waals surface area contributed by atoms with Gasteiger partial charge in [-0.1, -0.05) is 11.6 Å². The molecule has 0 aliphatic rings. The molecule has 1 radical (unpaired) electrons. The molecule has 7 heavy (non-hydrogen) atoms. The van der Waals surface area contributed by atoms with Crippen molar-refractivity contribution < 1.29 is 13.2 Å². The molecular weight excluding hydrogens is 128 g/mol. The number of alkyl halides is 3. The van der Waals surface area contributed by atoms with E-state index in [1.165, 1.54) is 5.54 Å². The predicted molar refractivity (Wildman–Crippen MR) is 19.7 cm³/mol. The molecule has 0 aliphatic carbocycles. The van der Waals surface area contributed by atoms with Crippen LogP contribution in [0.25, 0.3) is 0 Å². The van der Waals surface area contributed by atoms with E-state index in [1.807, 2.05) is 0 Å². The van der Waals surface area contributed by atoms with Crippen molar-refractivity contribution in [3.63, 3.8) is 0 Å². The lowest BCUT2D eigenvalue weighted by Gasteiger charge is -1.92.